The van der Waals surface area contributed by atoms with Crippen molar-refractivity contribution in [1.82, 2.24) is 14.7 Å². The molecule has 0 bridgehead atoms. The Morgan fingerprint density at radius 3 is 2.80 bits per heavy atom. The van der Waals surface area contributed by atoms with E-state index in [1.54, 1.807) is 0 Å². The van der Waals surface area contributed by atoms with E-state index >= 15 is 0 Å². The second-order valence-corrected chi connectivity index (χ2v) is 6.48. The lowest BCUT2D eigenvalue weighted by atomic mass is 10.2. The monoisotopic (exact) mass is 337 g/mol. The van der Waals surface area contributed by atoms with Gasteiger partial charge in [-0.1, -0.05) is 18.2 Å². The quantitative estimate of drug-likeness (QED) is 0.773. The molecule has 25 heavy (non-hydrogen) atoms. The zero-order chi connectivity index (χ0) is 18.0. The molecule has 5 heteroatoms. The standard InChI is InChI=1S/C20H23N3O2/c1-13(2)25-17-7-5-6-16(10-17)11-21-20(24)19-15(4)22-18-9-8-14(3)12-23(18)19/h5-10,12-13H,11H2,1-4H3,(H,21,24). The third-order valence-electron chi connectivity index (χ3n) is 3.88. The lowest BCUT2D eigenvalue weighted by Crippen LogP contribution is -2.25. The number of pyridine rings is 1. The number of fused-ring (bicyclic) bond motifs is 1. The maximum Gasteiger partial charge on any atom is 0.270 e. The molecule has 0 spiro atoms. The van der Waals surface area contributed by atoms with Crippen LogP contribution in [0.3, 0.4) is 0 Å². The Labute approximate surface area is 147 Å². The van der Waals surface area contributed by atoms with Gasteiger partial charge < -0.3 is 10.1 Å². The van der Waals surface area contributed by atoms with E-state index in [9.17, 15) is 4.79 Å². The van der Waals surface area contributed by atoms with Gasteiger partial charge in [-0.3, -0.25) is 9.20 Å². The van der Waals surface area contributed by atoms with E-state index in [2.05, 4.69) is 10.3 Å². The Kier molecular flexibility index (Phi) is 4.74. The molecule has 130 valence electrons. The third kappa shape index (κ3) is 3.82. The van der Waals surface area contributed by atoms with Gasteiger partial charge in [0.05, 0.1) is 11.8 Å². The average molecular weight is 337 g/mol. The number of rotatable bonds is 5. The number of carbonyl (C=O) groups is 1. The van der Waals surface area contributed by atoms with Crippen LogP contribution in [0.2, 0.25) is 0 Å². The summed E-state index contributed by atoms with van der Waals surface area (Å²) in [5.74, 6) is 0.675. The van der Waals surface area contributed by atoms with Crippen LogP contribution in [-0.2, 0) is 6.54 Å². The Balaban J connectivity index is 1.77. The second kappa shape index (κ2) is 6.97. The Hall–Kier alpha value is -2.82. The van der Waals surface area contributed by atoms with Crippen molar-refractivity contribution >= 4 is 11.6 Å². The predicted octanol–water partition coefficient (Wildman–Crippen LogP) is 3.67. The third-order valence-corrected chi connectivity index (χ3v) is 3.88. The number of ether oxygens (including phenoxy) is 1. The van der Waals surface area contributed by atoms with Gasteiger partial charge >= 0.3 is 0 Å². The van der Waals surface area contributed by atoms with Gasteiger partial charge in [0.2, 0.25) is 0 Å². The van der Waals surface area contributed by atoms with E-state index in [0.717, 1.165) is 28.2 Å². The van der Waals surface area contributed by atoms with E-state index in [1.165, 1.54) is 0 Å². The molecule has 1 N–H and O–H groups in total. The highest BCUT2D eigenvalue weighted by Gasteiger charge is 2.16. The van der Waals surface area contributed by atoms with Gasteiger partial charge in [0, 0.05) is 12.7 Å². The van der Waals surface area contributed by atoms with Crippen LogP contribution < -0.4 is 10.1 Å². The van der Waals surface area contributed by atoms with Crippen LogP contribution in [0.4, 0.5) is 0 Å². The Morgan fingerprint density at radius 2 is 2.04 bits per heavy atom. The number of amides is 1. The first-order valence-electron chi connectivity index (χ1n) is 8.43. The summed E-state index contributed by atoms with van der Waals surface area (Å²) < 4.78 is 7.54. The molecule has 3 aromatic rings. The van der Waals surface area contributed by atoms with Crippen LogP contribution in [0.5, 0.6) is 5.75 Å². The summed E-state index contributed by atoms with van der Waals surface area (Å²) in [5.41, 5.74) is 4.15. The minimum atomic E-state index is -0.134. The van der Waals surface area contributed by atoms with Crippen molar-refractivity contribution in [1.29, 1.82) is 0 Å². The largest absolute Gasteiger partial charge is 0.491 e. The van der Waals surface area contributed by atoms with Crippen molar-refractivity contribution < 1.29 is 9.53 Å². The number of nitrogens with zero attached hydrogens (tertiary/aromatic N) is 2. The Morgan fingerprint density at radius 1 is 1.24 bits per heavy atom. The molecule has 5 nitrogen and oxygen atoms in total. The number of hydrogen-bond acceptors (Lipinski definition) is 3. The molecule has 2 aromatic heterocycles. The van der Waals surface area contributed by atoms with Crippen molar-refractivity contribution in [2.24, 2.45) is 0 Å². The van der Waals surface area contributed by atoms with E-state index in [1.807, 2.05) is 74.7 Å². The van der Waals surface area contributed by atoms with E-state index < -0.39 is 0 Å². The predicted molar refractivity (Wildman–Crippen MR) is 98.0 cm³/mol. The summed E-state index contributed by atoms with van der Waals surface area (Å²) in [6, 6.07) is 11.7. The molecule has 0 atom stereocenters. The van der Waals surface area contributed by atoms with Gasteiger partial charge in [-0.25, -0.2) is 4.98 Å². The highest BCUT2D eigenvalue weighted by atomic mass is 16.5. The van der Waals surface area contributed by atoms with Crippen molar-refractivity contribution in [3.63, 3.8) is 0 Å². The highest BCUT2D eigenvalue weighted by molar-refractivity contribution is 5.94. The van der Waals surface area contributed by atoms with Crippen molar-refractivity contribution in [2.75, 3.05) is 0 Å². The van der Waals surface area contributed by atoms with Gasteiger partial charge in [0.25, 0.3) is 5.91 Å². The van der Waals surface area contributed by atoms with E-state index in [4.69, 9.17) is 4.74 Å². The van der Waals surface area contributed by atoms with Crippen molar-refractivity contribution in [3.05, 3.63) is 65.1 Å². The second-order valence-electron chi connectivity index (χ2n) is 6.48. The number of aryl methyl sites for hydroxylation is 2. The SMILES string of the molecule is Cc1ccc2nc(C)c(C(=O)NCc3cccc(OC(C)C)c3)n2c1. The molecule has 0 fully saturated rings. The van der Waals surface area contributed by atoms with Gasteiger partial charge in [0.15, 0.2) is 0 Å². The molecule has 0 unspecified atom stereocenters. The van der Waals surface area contributed by atoms with Crippen LogP contribution in [0.15, 0.2) is 42.6 Å². The smallest absolute Gasteiger partial charge is 0.270 e. The number of hydrogen-bond donors (Lipinski definition) is 1. The molecule has 3 rings (SSSR count). The first-order valence-corrected chi connectivity index (χ1v) is 8.43. The minimum absolute atomic E-state index is 0.119. The van der Waals surface area contributed by atoms with Gasteiger partial charge in [-0.05, 0) is 57.0 Å². The van der Waals surface area contributed by atoms with Gasteiger partial charge in [-0.2, -0.15) is 0 Å². The number of carbonyl (C=O) groups excluding carboxylic acids is 1. The fraction of sp³-hybridized carbons (Fsp3) is 0.300. The minimum Gasteiger partial charge on any atom is -0.491 e. The summed E-state index contributed by atoms with van der Waals surface area (Å²) >= 11 is 0. The van der Waals surface area contributed by atoms with E-state index in [-0.39, 0.29) is 12.0 Å². The Bertz CT molecular complexity index is 912. The fourth-order valence-corrected chi connectivity index (χ4v) is 2.81. The normalized spacial score (nSPS) is 11.1. The van der Waals surface area contributed by atoms with Crippen LogP contribution in [0.25, 0.3) is 5.65 Å². The zero-order valence-corrected chi connectivity index (χ0v) is 15.0. The van der Waals surface area contributed by atoms with Crippen LogP contribution in [0.1, 0.15) is 41.2 Å². The topological polar surface area (TPSA) is 55.6 Å². The van der Waals surface area contributed by atoms with Crippen LogP contribution >= 0.6 is 0 Å². The molecule has 0 saturated heterocycles. The van der Waals surface area contributed by atoms with Gasteiger partial charge in [-0.15, -0.1) is 0 Å². The molecular weight excluding hydrogens is 314 g/mol. The summed E-state index contributed by atoms with van der Waals surface area (Å²) in [6.07, 6.45) is 2.05. The summed E-state index contributed by atoms with van der Waals surface area (Å²) in [7, 11) is 0. The molecule has 0 aliphatic heterocycles. The van der Waals surface area contributed by atoms with Gasteiger partial charge in [0.1, 0.15) is 17.1 Å². The average Bonchev–Trinajstić information content (AvgIpc) is 2.87. The number of aromatic nitrogens is 2. The molecule has 0 saturated carbocycles. The molecular formula is C20H23N3O2. The summed E-state index contributed by atoms with van der Waals surface area (Å²) in [6.45, 7) is 8.27. The maximum atomic E-state index is 12.7. The molecule has 1 aromatic carbocycles. The van der Waals surface area contributed by atoms with Crippen LogP contribution in [0, 0.1) is 13.8 Å². The van der Waals surface area contributed by atoms with Crippen LogP contribution in [-0.4, -0.2) is 21.4 Å². The zero-order valence-electron chi connectivity index (χ0n) is 15.0. The first kappa shape index (κ1) is 17.0. The highest BCUT2D eigenvalue weighted by Crippen LogP contribution is 2.16. The number of nitrogens with one attached hydrogen (secondary N) is 1. The molecule has 0 aliphatic carbocycles. The first-order chi connectivity index (χ1) is 11.9. The number of imidazole rings is 1. The lowest BCUT2D eigenvalue weighted by Gasteiger charge is -2.11. The van der Waals surface area contributed by atoms with Crippen molar-refractivity contribution in [3.8, 4) is 5.75 Å². The molecule has 0 radical (unpaired) electrons. The number of benzene rings is 1. The maximum absolute atomic E-state index is 12.7. The summed E-state index contributed by atoms with van der Waals surface area (Å²) in [5, 5.41) is 2.98. The fourth-order valence-electron chi connectivity index (χ4n) is 2.81. The molecule has 1 amide bonds. The summed E-state index contributed by atoms with van der Waals surface area (Å²) in [4.78, 5) is 17.1. The lowest BCUT2D eigenvalue weighted by molar-refractivity contribution is 0.0944. The van der Waals surface area contributed by atoms with E-state index in [0.29, 0.717) is 12.2 Å². The van der Waals surface area contributed by atoms with Crippen molar-refractivity contribution in [2.45, 2.75) is 40.3 Å². The molecule has 2 heterocycles. The molecule has 0 aliphatic rings.